The highest BCUT2D eigenvalue weighted by molar-refractivity contribution is 5.31. The molecular formula is C13H21N3O2. The molecular weight excluding hydrogens is 230 g/mol. The van der Waals surface area contributed by atoms with Crippen molar-refractivity contribution in [2.24, 2.45) is 0 Å². The van der Waals surface area contributed by atoms with Crippen LogP contribution in [0.3, 0.4) is 0 Å². The number of rotatable bonds is 5. The van der Waals surface area contributed by atoms with E-state index in [9.17, 15) is 0 Å². The Bertz CT molecular complexity index is 420. The summed E-state index contributed by atoms with van der Waals surface area (Å²) >= 11 is 0. The van der Waals surface area contributed by atoms with Crippen LogP contribution in [0.4, 0.5) is 5.95 Å². The van der Waals surface area contributed by atoms with Gasteiger partial charge in [0.15, 0.2) is 0 Å². The number of nitrogens with one attached hydrogen (secondary N) is 1. The van der Waals surface area contributed by atoms with Gasteiger partial charge in [0.05, 0.1) is 12.3 Å². The first-order valence-electron chi connectivity index (χ1n) is 6.65. The molecule has 3 rings (SSSR count). The van der Waals surface area contributed by atoms with E-state index in [0.29, 0.717) is 12.6 Å². The summed E-state index contributed by atoms with van der Waals surface area (Å²) in [6, 6.07) is 0.645. The third kappa shape index (κ3) is 2.24. The molecule has 1 saturated heterocycles. The van der Waals surface area contributed by atoms with Gasteiger partial charge in [-0.2, -0.15) is 0 Å². The summed E-state index contributed by atoms with van der Waals surface area (Å²) in [5.74, 6) is 0.971. The Balaban J connectivity index is 1.68. The van der Waals surface area contributed by atoms with Gasteiger partial charge in [-0.05, 0) is 19.8 Å². The van der Waals surface area contributed by atoms with Crippen molar-refractivity contribution in [1.82, 2.24) is 9.55 Å². The van der Waals surface area contributed by atoms with Crippen LogP contribution in [0.15, 0.2) is 6.20 Å². The fourth-order valence-electron chi connectivity index (χ4n) is 2.48. The zero-order valence-electron chi connectivity index (χ0n) is 11.1. The molecule has 5 nitrogen and oxygen atoms in total. The molecule has 1 aliphatic carbocycles. The molecule has 0 bridgehead atoms. The summed E-state index contributed by atoms with van der Waals surface area (Å²) in [6.07, 6.45) is 5.61. The highest BCUT2D eigenvalue weighted by Gasteiger charge is 2.35. The molecule has 1 aliphatic heterocycles. The second-order valence-corrected chi connectivity index (χ2v) is 5.39. The number of nitrogens with zero attached hydrogens (tertiary/aromatic N) is 2. The molecule has 100 valence electrons. The van der Waals surface area contributed by atoms with Gasteiger partial charge >= 0.3 is 0 Å². The lowest BCUT2D eigenvalue weighted by Gasteiger charge is -2.26. The molecule has 2 aliphatic rings. The summed E-state index contributed by atoms with van der Waals surface area (Å²) in [7, 11) is 1.76. The van der Waals surface area contributed by atoms with Gasteiger partial charge in [0.2, 0.25) is 5.95 Å². The molecule has 0 amide bonds. The van der Waals surface area contributed by atoms with E-state index < -0.39 is 0 Å². The molecule has 1 saturated carbocycles. The van der Waals surface area contributed by atoms with Gasteiger partial charge in [0, 0.05) is 38.9 Å². The monoisotopic (exact) mass is 251 g/mol. The van der Waals surface area contributed by atoms with Gasteiger partial charge in [0.25, 0.3) is 0 Å². The molecule has 1 aromatic rings. The van der Waals surface area contributed by atoms with Crippen LogP contribution in [-0.2, 0) is 9.47 Å². The second-order valence-electron chi connectivity index (χ2n) is 5.39. The Morgan fingerprint density at radius 1 is 1.61 bits per heavy atom. The molecule has 1 unspecified atom stereocenters. The molecule has 2 fully saturated rings. The van der Waals surface area contributed by atoms with E-state index in [1.165, 1.54) is 12.8 Å². The van der Waals surface area contributed by atoms with E-state index in [4.69, 9.17) is 9.47 Å². The van der Waals surface area contributed by atoms with Crippen LogP contribution in [-0.4, -0.2) is 42.0 Å². The molecule has 5 heteroatoms. The molecule has 0 spiro atoms. The number of aryl methyl sites for hydroxylation is 1. The molecule has 2 heterocycles. The first-order valence-corrected chi connectivity index (χ1v) is 6.65. The van der Waals surface area contributed by atoms with Gasteiger partial charge < -0.3 is 19.4 Å². The fourth-order valence-corrected chi connectivity index (χ4v) is 2.48. The minimum absolute atomic E-state index is 0.186. The largest absolute Gasteiger partial charge is 0.378 e. The summed E-state index contributed by atoms with van der Waals surface area (Å²) in [5.41, 5.74) is 0.882. The van der Waals surface area contributed by atoms with E-state index in [1.807, 2.05) is 6.92 Å². The summed E-state index contributed by atoms with van der Waals surface area (Å²) < 4.78 is 13.3. The van der Waals surface area contributed by atoms with Crippen molar-refractivity contribution < 1.29 is 9.47 Å². The first kappa shape index (κ1) is 12.0. The highest BCUT2D eigenvalue weighted by atomic mass is 16.5. The van der Waals surface area contributed by atoms with Crippen molar-refractivity contribution in [2.45, 2.75) is 37.8 Å². The number of ether oxygens (including phenoxy) is 2. The Hall–Kier alpha value is -1.07. The zero-order chi connectivity index (χ0) is 12.6. The lowest BCUT2D eigenvalue weighted by Crippen LogP contribution is -2.40. The van der Waals surface area contributed by atoms with Crippen molar-refractivity contribution in [3.05, 3.63) is 11.9 Å². The second kappa shape index (κ2) is 4.55. The van der Waals surface area contributed by atoms with Gasteiger partial charge in [-0.15, -0.1) is 0 Å². The van der Waals surface area contributed by atoms with Crippen LogP contribution in [0.1, 0.15) is 31.0 Å². The maximum absolute atomic E-state index is 5.62. The van der Waals surface area contributed by atoms with Crippen LogP contribution in [0, 0.1) is 6.92 Å². The molecule has 1 N–H and O–H groups in total. The highest BCUT2D eigenvalue weighted by Crippen LogP contribution is 2.37. The molecule has 18 heavy (non-hydrogen) atoms. The Morgan fingerprint density at radius 2 is 2.44 bits per heavy atom. The van der Waals surface area contributed by atoms with E-state index in [1.54, 1.807) is 7.11 Å². The topological polar surface area (TPSA) is 48.3 Å². The maximum atomic E-state index is 5.62. The van der Waals surface area contributed by atoms with Crippen molar-refractivity contribution >= 4 is 5.95 Å². The van der Waals surface area contributed by atoms with Gasteiger partial charge in [-0.1, -0.05) is 0 Å². The Morgan fingerprint density at radius 3 is 3.06 bits per heavy atom. The van der Waals surface area contributed by atoms with Crippen molar-refractivity contribution in [1.29, 1.82) is 0 Å². The van der Waals surface area contributed by atoms with E-state index in [2.05, 4.69) is 21.1 Å². The summed E-state index contributed by atoms with van der Waals surface area (Å²) in [5, 5.41) is 3.44. The van der Waals surface area contributed by atoms with E-state index >= 15 is 0 Å². The van der Waals surface area contributed by atoms with Gasteiger partial charge in [0.1, 0.15) is 5.60 Å². The summed E-state index contributed by atoms with van der Waals surface area (Å²) in [4.78, 5) is 4.55. The number of anilines is 1. The quantitative estimate of drug-likeness (QED) is 0.866. The average Bonchev–Trinajstić information content (AvgIpc) is 2.99. The Labute approximate surface area is 107 Å². The molecule has 0 radical (unpaired) electrons. The zero-order valence-corrected chi connectivity index (χ0v) is 11.1. The SMILES string of the molecule is COC1(CNc2nc(C)cn2C2CC2)CCOC1. The number of methoxy groups -OCH3 is 1. The number of imidazole rings is 1. The van der Waals surface area contributed by atoms with Crippen LogP contribution in [0.2, 0.25) is 0 Å². The van der Waals surface area contributed by atoms with Crippen molar-refractivity contribution in [3.8, 4) is 0 Å². The number of aromatic nitrogens is 2. The fraction of sp³-hybridized carbons (Fsp3) is 0.769. The van der Waals surface area contributed by atoms with Crippen LogP contribution in [0.5, 0.6) is 0 Å². The third-order valence-electron chi connectivity index (χ3n) is 3.86. The van der Waals surface area contributed by atoms with E-state index in [-0.39, 0.29) is 5.60 Å². The number of hydrogen-bond donors (Lipinski definition) is 1. The maximum Gasteiger partial charge on any atom is 0.203 e. The lowest BCUT2D eigenvalue weighted by atomic mass is 10.0. The minimum Gasteiger partial charge on any atom is -0.378 e. The van der Waals surface area contributed by atoms with Crippen molar-refractivity contribution in [2.75, 3.05) is 32.2 Å². The number of hydrogen-bond acceptors (Lipinski definition) is 4. The van der Waals surface area contributed by atoms with Gasteiger partial charge in [-0.25, -0.2) is 4.98 Å². The van der Waals surface area contributed by atoms with Crippen LogP contribution >= 0.6 is 0 Å². The van der Waals surface area contributed by atoms with Crippen molar-refractivity contribution in [3.63, 3.8) is 0 Å². The average molecular weight is 251 g/mol. The molecule has 0 aromatic carbocycles. The minimum atomic E-state index is -0.186. The van der Waals surface area contributed by atoms with Crippen LogP contribution in [0.25, 0.3) is 0 Å². The molecule has 1 atom stereocenters. The van der Waals surface area contributed by atoms with E-state index in [0.717, 1.165) is 31.2 Å². The predicted octanol–water partition coefficient (Wildman–Crippen LogP) is 1.74. The third-order valence-corrected chi connectivity index (χ3v) is 3.86. The smallest absolute Gasteiger partial charge is 0.203 e. The normalized spacial score (nSPS) is 27.7. The van der Waals surface area contributed by atoms with Gasteiger partial charge in [-0.3, -0.25) is 0 Å². The summed E-state index contributed by atoms with van der Waals surface area (Å²) in [6.45, 7) is 4.24. The standard InChI is InChI=1S/C13H21N3O2/c1-10-7-16(11-3-4-11)12(15-10)14-8-13(17-2)5-6-18-9-13/h7,11H,3-6,8-9H2,1-2H3,(H,14,15). The van der Waals surface area contributed by atoms with Crippen LogP contribution < -0.4 is 5.32 Å². The first-order chi connectivity index (χ1) is 8.72. The molecule has 1 aromatic heterocycles. The Kier molecular flexibility index (Phi) is 3.03. The lowest BCUT2D eigenvalue weighted by molar-refractivity contribution is -0.00635. The predicted molar refractivity (Wildman–Crippen MR) is 68.9 cm³/mol.